The molecule has 34 heavy (non-hydrogen) atoms. The van der Waals surface area contributed by atoms with Crippen LogP contribution in [0.2, 0.25) is 0 Å². The largest absolute Gasteiger partial charge is 0.494 e. The van der Waals surface area contributed by atoms with Gasteiger partial charge < -0.3 is 18.9 Å². The number of tetrazole rings is 1. The molecule has 0 radical (unpaired) electrons. The van der Waals surface area contributed by atoms with E-state index in [-0.39, 0.29) is 25.3 Å². The summed E-state index contributed by atoms with van der Waals surface area (Å²) in [7, 11) is 0. The fourth-order valence-corrected chi connectivity index (χ4v) is 3.62. The van der Waals surface area contributed by atoms with E-state index in [2.05, 4.69) is 20.5 Å². The number of carbonyl (C=O) groups excluding carboxylic acids is 1. The van der Waals surface area contributed by atoms with E-state index in [0.717, 1.165) is 22.4 Å². The zero-order valence-electron chi connectivity index (χ0n) is 19.1. The van der Waals surface area contributed by atoms with Crippen molar-refractivity contribution in [3.8, 4) is 5.75 Å². The molecule has 0 unspecified atom stereocenters. The summed E-state index contributed by atoms with van der Waals surface area (Å²) < 4.78 is 17.5. The number of nitrogens with one attached hydrogen (secondary N) is 1. The molecule has 1 N–H and O–H groups in total. The highest BCUT2D eigenvalue weighted by Gasteiger charge is 2.18. The number of furan rings is 1. The third-order valence-electron chi connectivity index (χ3n) is 5.11. The number of nitrogens with zero attached hydrogens (tertiary/aromatic N) is 5. The molecular formula is C23H26N6O5. The number of esters is 1. The van der Waals surface area contributed by atoms with E-state index in [0.29, 0.717) is 31.1 Å². The second kappa shape index (κ2) is 10.8. The normalized spacial score (nSPS) is 11.3. The van der Waals surface area contributed by atoms with Crippen LogP contribution in [0.25, 0.3) is 10.9 Å². The lowest BCUT2D eigenvalue weighted by atomic mass is 10.1. The fraction of sp³-hybridized carbons (Fsp3) is 0.348. The van der Waals surface area contributed by atoms with Gasteiger partial charge in [-0.15, -0.1) is 5.10 Å². The molecule has 0 amide bonds. The van der Waals surface area contributed by atoms with Gasteiger partial charge in [-0.25, -0.2) is 4.68 Å². The number of hydrogen-bond acceptors (Lipinski definition) is 9. The lowest BCUT2D eigenvalue weighted by Gasteiger charge is -2.20. The van der Waals surface area contributed by atoms with Gasteiger partial charge in [0.2, 0.25) is 0 Å². The lowest BCUT2D eigenvalue weighted by Crippen LogP contribution is -2.28. The maximum absolute atomic E-state index is 12.8. The SMILES string of the molecule is CCOC(=O)Cn1nnnc1CN(Cc1ccco1)Cc1cc2cc(OCC)ccc2[nH]c1=O. The number of aromatic amines is 1. The zero-order chi connectivity index (χ0) is 23.9. The van der Waals surface area contributed by atoms with Crippen LogP contribution in [0, 0.1) is 0 Å². The Kier molecular flexibility index (Phi) is 7.33. The first-order valence-corrected chi connectivity index (χ1v) is 11.0. The second-order valence-corrected chi connectivity index (χ2v) is 7.59. The molecule has 3 heterocycles. The van der Waals surface area contributed by atoms with Crippen molar-refractivity contribution >= 4 is 16.9 Å². The van der Waals surface area contributed by atoms with Crippen molar-refractivity contribution in [2.24, 2.45) is 0 Å². The van der Waals surface area contributed by atoms with Gasteiger partial charge in [-0.2, -0.15) is 0 Å². The molecule has 0 spiro atoms. The molecule has 0 aliphatic rings. The van der Waals surface area contributed by atoms with E-state index in [1.54, 1.807) is 19.3 Å². The van der Waals surface area contributed by atoms with Gasteiger partial charge in [-0.1, -0.05) is 0 Å². The van der Waals surface area contributed by atoms with Crippen molar-refractivity contribution in [3.05, 3.63) is 70.2 Å². The highest BCUT2D eigenvalue weighted by Crippen LogP contribution is 2.20. The van der Waals surface area contributed by atoms with Crippen LogP contribution in [0.5, 0.6) is 5.75 Å². The van der Waals surface area contributed by atoms with Crippen LogP contribution in [0.3, 0.4) is 0 Å². The predicted octanol–water partition coefficient (Wildman–Crippen LogP) is 2.27. The van der Waals surface area contributed by atoms with Crippen molar-refractivity contribution < 1.29 is 18.7 Å². The van der Waals surface area contributed by atoms with E-state index < -0.39 is 5.97 Å². The maximum atomic E-state index is 12.8. The number of pyridine rings is 1. The zero-order valence-corrected chi connectivity index (χ0v) is 19.1. The van der Waals surface area contributed by atoms with E-state index in [1.807, 2.05) is 42.2 Å². The summed E-state index contributed by atoms with van der Waals surface area (Å²) >= 11 is 0. The molecule has 11 nitrogen and oxygen atoms in total. The van der Waals surface area contributed by atoms with Gasteiger partial charge in [0, 0.05) is 23.0 Å². The number of H-pyrrole nitrogens is 1. The minimum Gasteiger partial charge on any atom is -0.494 e. The molecule has 0 atom stereocenters. The Balaban J connectivity index is 1.60. The van der Waals surface area contributed by atoms with Gasteiger partial charge in [-0.05, 0) is 60.7 Å². The number of rotatable bonds is 11. The molecule has 0 bridgehead atoms. The van der Waals surface area contributed by atoms with Gasteiger partial charge in [-0.3, -0.25) is 14.5 Å². The van der Waals surface area contributed by atoms with Crippen LogP contribution < -0.4 is 10.3 Å². The third-order valence-corrected chi connectivity index (χ3v) is 5.11. The van der Waals surface area contributed by atoms with Crippen molar-refractivity contribution in [1.82, 2.24) is 30.1 Å². The highest BCUT2D eigenvalue weighted by atomic mass is 16.5. The molecule has 0 saturated carbocycles. The van der Waals surface area contributed by atoms with Gasteiger partial charge in [0.15, 0.2) is 5.82 Å². The maximum Gasteiger partial charge on any atom is 0.327 e. The van der Waals surface area contributed by atoms with Crippen LogP contribution >= 0.6 is 0 Å². The van der Waals surface area contributed by atoms with Gasteiger partial charge in [0.05, 0.1) is 32.6 Å². The van der Waals surface area contributed by atoms with Crippen molar-refractivity contribution in [1.29, 1.82) is 0 Å². The second-order valence-electron chi connectivity index (χ2n) is 7.59. The smallest absolute Gasteiger partial charge is 0.327 e. The summed E-state index contributed by atoms with van der Waals surface area (Å²) in [4.78, 5) is 29.6. The van der Waals surface area contributed by atoms with E-state index in [4.69, 9.17) is 13.9 Å². The molecule has 0 aliphatic carbocycles. The van der Waals surface area contributed by atoms with Crippen molar-refractivity contribution in [3.63, 3.8) is 0 Å². The number of fused-ring (bicyclic) bond motifs is 1. The Hall–Kier alpha value is -3.99. The summed E-state index contributed by atoms with van der Waals surface area (Å²) in [6.45, 7) is 5.39. The van der Waals surface area contributed by atoms with Gasteiger partial charge in [0.1, 0.15) is 18.1 Å². The first-order valence-electron chi connectivity index (χ1n) is 11.0. The van der Waals surface area contributed by atoms with Crippen molar-refractivity contribution in [2.75, 3.05) is 13.2 Å². The first kappa shape index (κ1) is 23.2. The molecule has 0 aliphatic heterocycles. The Morgan fingerprint density at radius 1 is 1.15 bits per heavy atom. The number of hydrogen-bond donors (Lipinski definition) is 1. The predicted molar refractivity (Wildman–Crippen MR) is 122 cm³/mol. The Bertz CT molecular complexity index is 1300. The Morgan fingerprint density at radius 2 is 2.03 bits per heavy atom. The molecule has 0 saturated heterocycles. The summed E-state index contributed by atoms with van der Waals surface area (Å²) in [6, 6.07) is 11.1. The minimum absolute atomic E-state index is 0.0957. The number of benzene rings is 1. The third kappa shape index (κ3) is 5.67. The molecule has 0 fully saturated rings. The lowest BCUT2D eigenvalue weighted by molar-refractivity contribution is -0.144. The van der Waals surface area contributed by atoms with Crippen LogP contribution in [0.1, 0.15) is 31.0 Å². The van der Waals surface area contributed by atoms with Crippen molar-refractivity contribution in [2.45, 2.75) is 40.0 Å². The van der Waals surface area contributed by atoms with Crippen LogP contribution in [0.15, 0.2) is 51.9 Å². The molecule has 3 aromatic heterocycles. The number of aromatic nitrogens is 5. The minimum atomic E-state index is -0.426. The monoisotopic (exact) mass is 466 g/mol. The van der Waals surface area contributed by atoms with Crippen LogP contribution in [-0.4, -0.2) is 49.3 Å². The number of ether oxygens (including phenoxy) is 2. The molecular weight excluding hydrogens is 440 g/mol. The molecule has 1 aromatic carbocycles. The highest BCUT2D eigenvalue weighted by molar-refractivity contribution is 5.80. The van der Waals surface area contributed by atoms with E-state index in [1.165, 1.54) is 4.68 Å². The average Bonchev–Trinajstić information content (AvgIpc) is 3.47. The summed E-state index contributed by atoms with van der Waals surface area (Å²) in [5.74, 6) is 1.50. The topological polar surface area (TPSA) is 128 Å². The Labute approximate surface area is 195 Å². The van der Waals surface area contributed by atoms with Crippen LogP contribution in [-0.2, 0) is 35.7 Å². The van der Waals surface area contributed by atoms with E-state index >= 15 is 0 Å². The Morgan fingerprint density at radius 3 is 2.79 bits per heavy atom. The summed E-state index contributed by atoms with van der Waals surface area (Å²) in [5, 5.41) is 12.5. The summed E-state index contributed by atoms with van der Waals surface area (Å²) in [5.41, 5.74) is 1.11. The number of carbonyl (C=O) groups is 1. The van der Waals surface area contributed by atoms with Gasteiger partial charge >= 0.3 is 5.97 Å². The first-order chi connectivity index (χ1) is 16.6. The summed E-state index contributed by atoms with van der Waals surface area (Å²) in [6.07, 6.45) is 1.59. The quantitative estimate of drug-likeness (QED) is 0.331. The van der Waals surface area contributed by atoms with Gasteiger partial charge in [0.25, 0.3) is 5.56 Å². The standard InChI is InChI=1S/C23H26N6O5/c1-3-32-18-7-8-20-16(11-18)10-17(23(31)24-20)12-28(13-19-6-5-9-34-19)14-21-25-26-27-29(21)15-22(30)33-4-2/h5-11H,3-4,12-15H2,1-2H3,(H,24,31). The molecule has 4 aromatic rings. The van der Waals surface area contributed by atoms with Crippen LogP contribution in [0.4, 0.5) is 0 Å². The molecule has 4 rings (SSSR count). The average molecular weight is 466 g/mol. The fourth-order valence-electron chi connectivity index (χ4n) is 3.62. The molecule has 178 valence electrons. The van der Waals surface area contributed by atoms with E-state index in [9.17, 15) is 9.59 Å². The molecule has 11 heteroatoms.